The maximum Gasteiger partial charge on any atom is 0.245 e. The van der Waals surface area contributed by atoms with Crippen molar-refractivity contribution in [1.82, 2.24) is 40.4 Å². The van der Waals surface area contributed by atoms with Crippen LogP contribution in [0, 0.1) is 35.5 Å². The summed E-state index contributed by atoms with van der Waals surface area (Å²) in [5.41, 5.74) is 1.53. The van der Waals surface area contributed by atoms with Crippen LogP contribution in [0.4, 0.5) is 0 Å². The van der Waals surface area contributed by atoms with Crippen LogP contribution in [-0.4, -0.2) is 192 Å². The number of Topliss-reactive ketones (excluding diaryl/α,β-unsaturated/α-hetero) is 4. The molecule has 19 nitrogen and oxygen atoms in total. The van der Waals surface area contributed by atoms with Crippen molar-refractivity contribution in [3.05, 3.63) is 71.8 Å². The number of benzene rings is 2. The average molecular weight is 1140 g/mol. The lowest BCUT2D eigenvalue weighted by Crippen LogP contribution is -2.58. The van der Waals surface area contributed by atoms with E-state index in [1.54, 1.807) is 84.7 Å². The number of rotatable bonds is 10. The molecule has 1 unspecified atom stereocenters. The number of nitrogens with one attached hydrogen (secondary N) is 3. The van der Waals surface area contributed by atoms with Crippen molar-refractivity contribution < 1.29 is 53.1 Å². The molecule has 19 heteroatoms. The fraction of sp³-hybridized carbons (Fsp3) is 0.651. The third-order valence-electron chi connectivity index (χ3n) is 16.1. The van der Waals surface area contributed by atoms with Crippen LogP contribution < -0.4 is 16.0 Å². The summed E-state index contributed by atoms with van der Waals surface area (Å²) in [4.78, 5) is 149. The van der Waals surface area contributed by atoms with Crippen LogP contribution in [0.25, 0.3) is 0 Å². The number of likely N-dealkylation sites (N-methyl/N-ethyl adjacent to an activating group) is 4. The molecule has 1 saturated heterocycles. The summed E-state index contributed by atoms with van der Waals surface area (Å²) in [7, 11) is 8.00. The second-order valence-electron chi connectivity index (χ2n) is 24.1. The summed E-state index contributed by atoms with van der Waals surface area (Å²) in [6.45, 7) is 17.8. The van der Waals surface area contributed by atoms with Crippen LogP contribution in [0.5, 0.6) is 0 Å². The highest BCUT2D eigenvalue weighted by atomic mass is 16.3. The van der Waals surface area contributed by atoms with Crippen molar-refractivity contribution in [2.45, 2.75) is 169 Å². The second kappa shape index (κ2) is 33.8. The number of amides is 6. The van der Waals surface area contributed by atoms with E-state index in [2.05, 4.69) is 16.0 Å². The predicted molar refractivity (Wildman–Crippen MR) is 317 cm³/mol. The van der Waals surface area contributed by atoms with E-state index >= 15 is 0 Å². The molecule has 2 aromatic carbocycles. The second-order valence-corrected chi connectivity index (χ2v) is 24.1. The molecule has 6 amide bonds. The third kappa shape index (κ3) is 21.9. The Labute approximate surface area is 488 Å². The van der Waals surface area contributed by atoms with Gasteiger partial charge in [-0.15, -0.1) is 0 Å². The highest BCUT2D eigenvalue weighted by Crippen LogP contribution is 2.25. The van der Waals surface area contributed by atoms with E-state index in [1.165, 1.54) is 28.7 Å². The molecule has 456 valence electrons. The van der Waals surface area contributed by atoms with Gasteiger partial charge in [0, 0.05) is 77.8 Å². The number of hydrogen-bond acceptors (Lipinski definition) is 13. The van der Waals surface area contributed by atoms with Crippen LogP contribution in [0.3, 0.4) is 0 Å². The molecule has 3 rings (SSSR count). The minimum atomic E-state index is -1.46. The summed E-state index contributed by atoms with van der Waals surface area (Å²) in [5.74, 6) is -6.93. The summed E-state index contributed by atoms with van der Waals surface area (Å²) < 4.78 is 0. The number of nitrogens with zero attached hydrogens (tertiary/aromatic N) is 5. The normalized spacial score (nSPS) is 26.9. The van der Waals surface area contributed by atoms with Gasteiger partial charge in [-0.05, 0) is 89.4 Å². The molecule has 1 aliphatic rings. The minimum Gasteiger partial charge on any atom is -0.391 e. The van der Waals surface area contributed by atoms with Crippen molar-refractivity contribution in [3.8, 4) is 0 Å². The van der Waals surface area contributed by atoms with E-state index in [4.69, 9.17) is 0 Å². The molecule has 0 radical (unpaired) electrons. The molecule has 82 heavy (non-hydrogen) atoms. The van der Waals surface area contributed by atoms with Gasteiger partial charge in [0.2, 0.25) is 35.4 Å². The molecule has 0 saturated carbocycles. The molecule has 0 bridgehead atoms. The van der Waals surface area contributed by atoms with E-state index in [1.807, 2.05) is 76.2 Å². The summed E-state index contributed by atoms with van der Waals surface area (Å²) >= 11 is 0. The van der Waals surface area contributed by atoms with E-state index < -0.39 is 102 Å². The van der Waals surface area contributed by atoms with Gasteiger partial charge >= 0.3 is 0 Å². The Morgan fingerprint density at radius 3 is 1.77 bits per heavy atom. The molecule has 0 aromatic heterocycles. The smallest absolute Gasteiger partial charge is 0.245 e. The summed E-state index contributed by atoms with van der Waals surface area (Å²) in [6.07, 6.45) is -0.262. The lowest BCUT2D eigenvalue weighted by atomic mass is 9.84. The van der Waals surface area contributed by atoms with Gasteiger partial charge in [-0.3, -0.25) is 57.7 Å². The number of carbonyl (C=O) groups excluding carboxylic acids is 10. The molecule has 0 spiro atoms. The zero-order valence-electron chi connectivity index (χ0n) is 51.7. The Kier molecular flexibility index (Phi) is 28.9. The van der Waals surface area contributed by atoms with Gasteiger partial charge in [0.25, 0.3) is 0 Å². The monoisotopic (exact) mass is 1140 g/mol. The molecular weight excluding hydrogens is 1040 g/mol. The number of ketones is 4. The van der Waals surface area contributed by atoms with Gasteiger partial charge in [-0.25, -0.2) is 0 Å². The predicted octanol–water partition coefficient (Wildman–Crippen LogP) is 4.55. The van der Waals surface area contributed by atoms with Crippen LogP contribution in [0.2, 0.25) is 0 Å². The lowest BCUT2D eigenvalue weighted by Gasteiger charge is -2.37. The largest absolute Gasteiger partial charge is 0.391 e. The topological polar surface area (TPSA) is 243 Å². The van der Waals surface area contributed by atoms with Crippen molar-refractivity contribution in [2.24, 2.45) is 35.5 Å². The highest BCUT2D eigenvalue weighted by Gasteiger charge is 2.41. The minimum absolute atomic E-state index is 0.0217. The number of carbonyl (C=O) groups is 10. The molecule has 4 N–H and O–H groups in total. The van der Waals surface area contributed by atoms with Crippen molar-refractivity contribution >= 4 is 58.6 Å². The highest BCUT2D eigenvalue weighted by molar-refractivity contribution is 5.97. The average Bonchev–Trinajstić information content (AvgIpc) is 3.45. The zero-order valence-corrected chi connectivity index (χ0v) is 51.7. The molecule has 1 aliphatic heterocycles. The molecule has 1 fully saturated rings. The van der Waals surface area contributed by atoms with E-state index in [0.29, 0.717) is 12.8 Å². The first-order valence-corrected chi connectivity index (χ1v) is 29.4. The molecule has 2 aromatic rings. The Morgan fingerprint density at radius 2 is 1.22 bits per heavy atom. The quantitative estimate of drug-likeness (QED) is 0.256. The standard InChI is InChI=1S/C63H98N8O11/c1-16-41(6)56-63(82)70(14)51(34-47-25-21-18-22-26-47)53(75)38-69(13)44(9)62(81)71(15)58(40(4)5)59(78)48(33-46-23-19-17-20-24-46)35-54(76)65-57(45(10)72)61(80)64-43(8)32-55(77)68(12)30-29-50(73)28-27-42(7)52(74)37-67(11)36-49(31-39(2)3)60(79)66-56/h17-26,39-45,48-49,51,56-58,72H,16,27-38H2,1-15H3,(H,64,80)(H,65,76)(H,66,79)/t41-,42+,43-,44-,45+,48-,49+,51-,56-,57-,58?/m0/s1. The first kappa shape index (κ1) is 70.1. The first-order valence-electron chi connectivity index (χ1n) is 29.4. The third-order valence-corrected chi connectivity index (χ3v) is 16.1. The first-order chi connectivity index (χ1) is 38.5. The molecule has 1 heterocycles. The maximum absolute atomic E-state index is 15.0. The van der Waals surface area contributed by atoms with Gasteiger partial charge in [-0.1, -0.05) is 116 Å². The van der Waals surface area contributed by atoms with Gasteiger partial charge in [0.05, 0.1) is 43.2 Å². The zero-order chi connectivity index (χ0) is 61.7. The van der Waals surface area contributed by atoms with Crippen molar-refractivity contribution in [3.63, 3.8) is 0 Å². The van der Waals surface area contributed by atoms with Gasteiger partial charge < -0.3 is 35.8 Å². The van der Waals surface area contributed by atoms with E-state index in [9.17, 15) is 53.1 Å². The summed E-state index contributed by atoms with van der Waals surface area (Å²) in [6, 6.07) is 12.1. The fourth-order valence-corrected chi connectivity index (χ4v) is 10.6. The van der Waals surface area contributed by atoms with Crippen LogP contribution >= 0.6 is 0 Å². The number of aliphatic hydroxyl groups is 1. The SMILES string of the molecule is CC[C@H](C)[C@@H]1NC(=O)[C@H](CC(C)C)CN(C)CC(=O)[C@H](C)CCC(=O)CCN(C)C(=O)C[C@H](C)NC(=O)[C@H]([C@@H](C)O)NC(=O)C[C@H](Cc2ccccc2)C(=O)C(C(C)C)N(C)C(=O)[C@H](C)N(C)CC(=O)[C@H](Cc2ccccc2)N(C)C1=O. The number of hydrogen-bond donors (Lipinski definition) is 4. The number of aliphatic hydroxyl groups excluding tert-OH is 1. The Bertz CT molecular complexity index is 2450. The van der Waals surface area contributed by atoms with Gasteiger partial charge in [0.15, 0.2) is 11.6 Å². The lowest BCUT2D eigenvalue weighted by molar-refractivity contribution is -0.146. The molecular formula is C63H98N8O11. The molecule has 11 atom stereocenters. The van der Waals surface area contributed by atoms with E-state index in [0.717, 1.165) is 11.1 Å². The Balaban J connectivity index is 2.10. The summed E-state index contributed by atoms with van der Waals surface area (Å²) in [5, 5.41) is 19.2. The van der Waals surface area contributed by atoms with Crippen LogP contribution in [0.1, 0.15) is 125 Å². The van der Waals surface area contributed by atoms with Gasteiger partial charge in [0.1, 0.15) is 23.7 Å². The maximum atomic E-state index is 15.0. The fourth-order valence-electron chi connectivity index (χ4n) is 10.6. The Morgan fingerprint density at radius 1 is 0.634 bits per heavy atom. The molecule has 0 aliphatic carbocycles. The van der Waals surface area contributed by atoms with Gasteiger partial charge in [-0.2, -0.15) is 0 Å². The van der Waals surface area contributed by atoms with Crippen molar-refractivity contribution in [2.75, 3.05) is 61.4 Å². The Hall–Kier alpha value is -6.18. The van der Waals surface area contributed by atoms with Crippen LogP contribution in [-0.2, 0) is 60.8 Å². The van der Waals surface area contributed by atoms with E-state index in [-0.39, 0.29) is 106 Å². The van der Waals surface area contributed by atoms with Crippen LogP contribution in [0.15, 0.2) is 60.7 Å². The van der Waals surface area contributed by atoms with Crippen molar-refractivity contribution in [1.29, 1.82) is 0 Å².